The van der Waals surface area contributed by atoms with Crippen LogP contribution in [0.3, 0.4) is 0 Å². The highest BCUT2D eigenvalue weighted by Crippen LogP contribution is 2.21. The minimum absolute atomic E-state index is 0.00891. The average molecular weight is 1920 g/mol. The molecular weight excluding hydrogens is 1790 g/mol. The van der Waals surface area contributed by atoms with Crippen molar-refractivity contribution in [2.75, 3.05) is 49.7 Å². The van der Waals surface area contributed by atoms with Gasteiger partial charge in [0.15, 0.2) is 11.9 Å². The molecule has 0 aliphatic heterocycles. The molecule has 0 aliphatic rings. The Balaban J connectivity index is 1.80. The van der Waals surface area contributed by atoms with Crippen molar-refractivity contribution in [2.24, 2.45) is 35.0 Å². The summed E-state index contributed by atoms with van der Waals surface area (Å²) >= 11 is 9.62. The highest BCUT2D eigenvalue weighted by molar-refractivity contribution is 7.98. The van der Waals surface area contributed by atoms with Crippen LogP contribution in [0.5, 0.6) is 5.75 Å². The number of nitrogens with two attached hydrogens (primary N) is 3. The fourth-order valence-electron chi connectivity index (χ4n) is 12.7. The molecular formula is C81H125N23O25S3. The number of carboxylic acids is 4. The number of carbonyl (C=O) groups is 19. The lowest BCUT2D eigenvalue weighted by atomic mass is 10.0. The van der Waals surface area contributed by atoms with E-state index < -0.39 is 296 Å². The van der Waals surface area contributed by atoms with Gasteiger partial charge < -0.3 is 143 Å². The lowest BCUT2D eigenvalue weighted by Gasteiger charge is -2.29. The lowest BCUT2D eigenvalue weighted by molar-refractivity contribution is -0.143. The number of aromatic amines is 1. The Morgan fingerprint density at radius 1 is 0.409 bits per heavy atom. The number of phenols is 1. The van der Waals surface area contributed by atoms with Gasteiger partial charge >= 0.3 is 23.9 Å². The van der Waals surface area contributed by atoms with E-state index in [0.717, 1.165) is 0 Å². The summed E-state index contributed by atoms with van der Waals surface area (Å²) in [6.07, 6.45) is -3.09. The van der Waals surface area contributed by atoms with Crippen LogP contribution in [0.25, 0.3) is 10.9 Å². The number of H-pyrrole nitrogens is 1. The van der Waals surface area contributed by atoms with E-state index in [0.29, 0.717) is 22.0 Å². The van der Waals surface area contributed by atoms with E-state index >= 15 is 0 Å². The first-order valence-electron chi connectivity index (χ1n) is 42.1. The van der Waals surface area contributed by atoms with Crippen molar-refractivity contribution in [2.45, 2.75) is 223 Å². The highest BCUT2D eigenvalue weighted by atomic mass is 32.2. The van der Waals surface area contributed by atoms with Crippen LogP contribution >= 0.6 is 37.0 Å². The van der Waals surface area contributed by atoms with Crippen molar-refractivity contribution < 1.29 is 122 Å². The number of thioether (sulfide) groups is 1. The predicted molar refractivity (Wildman–Crippen MR) is 486 cm³/mol. The van der Waals surface area contributed by atoms with Crippen molar-refractivity contribution in [3.05, 3.63) is 65.9 Å². The minimum Gasteiger partial charge on any atom is -0.508 e. The number of carboxylic acid groups (broad SMARTS) is 4. The van der Waals surface area contributed by atoms with E-state index in [4.69, 9.17) is 28.0 Å². The van der Waals surface area contributed by atoms with Crippen LogP contribution in [-0.4, -0.2) is 300 Å². The Morgan fingerprint density at radius 3 is 1.20 bits per heavy atom. The van der Waals surface area contributed by atoms with Crippen LogP contribution in [0.15, 0.2) is 54.7 Å². The number of para-hydroxylation sites is 1. The number of aliphatic hydroxyl groups excluding tert-OH is 1. The fraction of sp³-hybridized carbons (Fsp3) is 0.568. The summed E-state index contributed by atoms with van der Waals surface area (Å²) in [7, 11) is 0. The zero-order valence-corrected chi connectivity index (χ0v) is 76.8. The van der Waals surface area contributed by atoms with Gasteiger partial charge in [-0.05, 0) is 117 Å². The van der Waals surface area contributed by atoms with Crippen LogP contribution in [-0.2, 0) is 104 Å². The van der Waals surface area contributed by atoms with Crippen molar-refractivity contribution in [1.29, 1.82) is 10.8 Å². The Hall–Kier alpha value is -12.8. The number of aliphatic hydroxyl groups is 1. The number of fused-ring (bicyclic) bond motifs is 1. The first-order chi connectivity index (χ1) is 62.1. The van der Waals surface area contributed by atoms with Crippen molar-refractivity contribution in [3.8, 4) is 5.75 Å². The molecule has 15 atom stereocenters. The maximum Gasteiger partial charge on any atom is 0.326 e. The van der Waals surface area contributed by atoms with E-state index in [1.807, 2.05) is 0 Å². The zero-order chi connectivity index (χ0) is 99.3. The molecule has 1 heterocycles. The molecule has 0 radical (unpaired) electrons. The third kappa shape index (κ3) is 41.1. The number of guanidine groups is 2. The topological polar surface area (TPSA) is 792 Å². The van der Waals surface area contributed by atoms with Crippen LogP contribution in [0.4, 0.5) is 0 Å². The van der Waals surface area contributed by atoms with Crippen molar-refractivity contribution in [3.63, 3.8) is 0 Å². The fourth-order valence-corrected chi connectivity index (χ4v) is 13.7. The number of phenolic OH excluding ortho intramolecular Hbond substituents is 1. The number of hydrogen-bond donors (Lipinski definition) is 31. The van der Waals surface area contributed by atoms with Crippen LogP contribution < -0.4 is 108 Å². The number of carbonyl (C=O) groups excluding carboxylic acids is 15. The summed E-state index contributed by atoms with van der Waals surface area (Å²) in [6.45, 7) is 8.60. The smallest absolute Gasteiger partial charge is 0.326 e. The van der Waals surface area contributed by atoms with Gasteiger partial charge in [-0.2, -0.15) is 37.0 Å². The maximum atomic E-state index is 14.6. The van der Waals surface area contributed by atoms with E-state index in [1.54, 1.807) is 64.4 Å². The molecule has 15 amide bonds. The first kappa shape index (κ1) is 113. The molecule has 48 nitrogen and oxygen atoms in total. The van der Waals surface area contributed by atoms with Crippen LogP contribution in [0, 0.1) is 28.6 Å². The number of thiol groups is 2. The second kappa shape index (κ2) is 58.1. The molecule has 3 aromatic rings. The summed E-state index contributed by atoms with van der Waals surface area (Å²) in [6, 6.07) is -9.63. The van der Waals surface area contributed by atoms with Gasteiger partial charge in [-0.1, -0.05) is 71.9 Å². The van der Waals surface area contributed by atoms with E-state index in [1.165, 1.54) is 56.8 Å². The lowest BCUT2D eigenvalue weighted by Crippen LogP contribution is -2.61. The normalized spacial score (nSPS) is 14.5. The second-order valence-electron chi connectivity index (χ2n) is 31.8. The quantitative estimate of drug-likeness (QED) is 0.0108. The molecule has 3 rings (SSSR count). The highest BCUT2D eigenvalue weighted by Gasteiger charge is 2.40. The Bertz CT molecular complexity index is 4510. The predicted octanol–water partition coefficient (Wildman–Crippen LogP) is -6.31. The van der Waals surface area contributed by atoms with Crippen molar-refractivity contribution in [1.82, 2.24) is 95.4 Å². The van der Waals surface area contributed by atoms with Crippen molar-refractivity contribution >= 4 is 172 Å². The molecule has 51 heteroatoms. The molecule has 32 N–H and O–H groups in total. The third-order valence-corrected chi connectivity index (χ3v) is 21.5. The van der Waals surface area contributed by atoms with Gasteiger partial charge in [0.25, 0.3) is 0 Å². The summed E-state index contributed by atoms with van der Waals surface area (Å²) in [4.78, 5) is 261. The largest absolute Gasteiger partial charge is 0.508 e. The molecule has 0 saturated heterocycles. The van der Waals surface area contributed by atoms with E-state index in [9.17, 15) is 122 Å². The van der Waals surface area contributed by atoms with E-state index in [-0.39, 0.29) is 69.5 Å². The van der Waals surface area contributed by atoms with E-state index in [2.05, 4.69) is 121 Å². The zero-order valence-electron chi connectivity index (χ0n) is 74.2. The standard InChI is InChI=1S/C81H125N23O25S3/c1-38(2)63(77(126)97-48(16-12-29-88-81(85)86)67(116)96-52(27-30-132-8)70(119)98-54(74(123)104-65(40(5)6)79(128)129)32-43-33-89-46-14-10-9-13-45(43)46)102-71(120)47(15-11-28-87-80(83)84)92-58(108)35-90-57(107)34-91-66(115)55(36-130)100-69(118)50(22-25-60(111)112)93-68(117)49(21-24-59(109)110)95-75(124)56(37-131)101-78(127)64(39(3)4)103-72(121)51(23-26-61(113)114)94-73(122)53(99-76(125)62(82)41(7)105)31-42-17-19-44(106)20-18-42/h9-10,13-14,17-20,33,38-41,47-56,62-65,89,105-106,130-131H,11-12,15-16,21-32,34-37,82H2,1-8H3,(H,90,107)(H,91,115)(H,92,108)(H,93,117)(H,94,122)(H,95,124)(H,96,116)(H,97,126)(H,98,119)(H,99,125)(H,100,118)(H,101,127)(H,102,120)(H,103,121)(H,104,123)(H,109,110)(H,111,112)(H,113,114)(H,128,129)(H4,83,84,87)(H4,85,86,88)/t41-,47+,48+,49+,50+,51+,52+,53+,54+,55+,56+,62+,63+,64+,65+/m1/s1. The summed E-state index contributed by atoms with van der Waals surface area (Å²) < 4.78 is 0. The monoisotopic (exact) mass is 1920 g/mol. The van der Waals surface area contributed by atoms with Gasteiger partial charge in [-0.3, -0.25) is 97.1 Å². The van der Waals surface area contributed by atoms with Crippen LogP contribution in [0.2, 0.25) is 0 Å². The summed E-state index contributed by atoms with van der Waals surface area (Å²) in [5.41, 5.74) is 18.5. The number of aromatic hydroxyl groups is 1. The molecule has 0 spiro atoms. The van der Waals surface area contributed by atoms with Gasteiger partial charge in [0.1, 0.15) is 90.3 Å². The van der Waals surface area contributed by atoms with Crippen LogP contribution in [0.1, 0.15) is 130 Å². The molecule has 732 valence electrons. The van der Waals surface area contributed by atoms with Gasteiger partial charge in [-0.15, -0.1) is 0 Å². The third-order valence-electron chi connectivity index (χ3n) is 20.1. The average Bonchev–Trinajstić information content (AvgIpc) is 1.67. The molecule has 0 fully saturated rings. The van der Waals surface area contributed by atoms with Gasteiger partial charge in [0, 0.05) is 73.8 Å². The number of nitrogens with one attached hydrogen (secondary N) is 20. The Morgan fingerprint density at radius 2 is 0.765 bits per heavy atom. The van der Waals surface area contributed by atoms with Gasteiger partial charge in [0.2, 0.25) is 88.6 Å². The molecule has 0 saturated carbocycles. The molecule has 2 aromatic carbocycles. The summed E-state index contributed by atoms with van der Waals surface area (Å²) in [5, 5.41) is 116. The molecule has 0 aliphatic carbocycles. The Labute approximate surface area is 775 Å². The minimum atomic E-state index is -1.90. The first-order valence-corrected chi connectivity index (χ1v) is 44.8. The summed E-state index contributed by atoms with van der Waals surface area (Å²) in [5.74, 6) is -25.4. The number of aromatic nitrogens is 1. The number of hydrogen-bond acceptors (Lipinski definition) is 27. The number of aliphatic carboxylic acids is 4. The number of amides is 15. The van der Waals surface area contributed by atoms with Gasteiger partial charge in [0.05, 0.1) is 19.2 Å². The maximum absolute atomic E-state index is 14.6. The molecule has 0 unspecified atom stereocenters. The SMILES string of the molecule is CSCC[C@H](NC(=O)[C@H](CCCNC(=N)N)NC(=O)[C@@H](NC(=O)[C@H](CCCNC(=N)N)NC(=O)CNC(=O)CNC(=O)[C@H](CS)NC(=O)[C@H](CCC(=O)O)NC(=O)[C@H](CCC(=O)O)NC(=O)[C@H](CS)NC(=O)[C@@H](NC(=O)[C@H](CCC(=O)O)NC(=O)[C@H](Cc1ccc(O)cc1)NC(=O)[C@@H](N)[C@@H](C)O)C(C)C)C(C)C)C(=O)N[C@@H](Cc1c[nH]c2ccccc12)C(=O)N[C@H](C(=O)O)C(C)C. The van der Waals surface area contributed by atoms with Gasteiger partial charge in [-0.25, -0.2) is 4.79 Å². The second-order valence-corrected chi connectivity index (χ2v) is 33.5. The molecule has 0 bridgehead atoms. The molecule has 1 aromatic heterocycles. The Kier molecular flexibility index (Phi) is 49.9. The number of benzene rings is 2. The number of rotatable bonds is 61. The molecule has 132 heavy (non-hydrogen) atoms.